The number of carboxylic acids is 1. The molecule has 0 aliphatic rings. The van der Waals surface area contributed by atoms with E-state index in [9.17, 15) is 26.7 Å². The molecule has 1 aromatic rings. The fourth-order valence-corrected chi connectivity index (χ4v) is 1.24. The molecule has 0 saturated heterocycles. The number of aromatic carboxylic acids is 1. The lowest BCUT2D eigenvalue weighted by Crippen LogP contribution is -2.21. The first-order chi connectivity index (χ1) is 8.13. The third-order valence-corrected chi connectivity index (χ3v) is 1.91. The molecule has 100 valence electrons. The Morgan fingerprint density at radius 1 is 1.44 bits per heavy atom. The first-order valence-electron chi connectivity index (χ1n) is 4.40. The lowest BCUT2D eigenvalue weighted by molar-refractivity contribution is -0.275. The van der Waals surface area contributed by atoms with Crippen molar-refractivity contribution in [2.24, 2.45) is 0 Å². The molecular weight excluding hydrogens is 265 g/mol. The lowest BCUT2D eigenvalue weighted by Gasteiger charge is -2.16. The average molecular weight is 271 g/mol. The van der Waals surface area contributed by atoms with Crippen LogP contribution in [0.15, 0.2) is 6.20 Å². The van der Waals surface area contributed by atoms with Gasteiger partial charge in [0.1, 0.15) is 0 Å². The molecule has 1 N–H and O–H groups in total. The highest BCUT2D eigenvalue weighted by Crippen LogP contribution is 2.36. The van der Waals surface area contributed by atoms with Crippen LogP contribution in [0, 0.1) is 6.92 Å². The lowest BCUT2D eigenvalue weighted by atomic mass is 10.1. The summed E-state index contributed by atoms with van der Waals surface area (Å²) in [4.78, 5) is 13.8. The highest BCUT2D eigenvalue weighted by atomic mass is 19.4. The fourth-order valence-electron chi connectivity index (χ4n) is 1.24. The van der Waals surface area contributed by atoms with E-state index in [1.165, 1.54) is 0 Å². The van der Waals surface area contributed by atoms with Crippen LogP contribution < -0.4 is 4.74 Å². The van der Waals surface area contributed by atoms with E-state index in [2.05, 4.69) is 9.72 Å². The van der Waals surface area contributed by atoms with Crippen molar-refractivity contribution < 1.29 is 36.6 Å². The first-order valence-corrected chi connectivity index (χ1v) is 4.40. The topological polar surface area (TPSA) is 59.4 Å². The minimum absolute atomic E-state index is 0.297. The molecule has 0 unspecified atom stereocenters. The molecule has 0 aliphatic heterocycles. The number of halogens is 5. The van der Waals surface area contributed by atoms with E-state index < -0.39 is 35.8 Å². The summed E-state index contributed by atoms with van der Waals surface area (Å²) in [5.41, 5.74) is -2.65. The van der Waals surface area contributed by atoms with E-state index in [1.54, 1.807) is 0 Å². The maximum atomic E-state index is 12.6. The first kappa shape index (κ1) is 14.1. The van der Waals surface area contributed by atoms with E-state index in [-0.39, 0.29) is 5.56 Å². The number of alkyl halides is 5. The molecule has 0 atom stereocenters. The molecule has 0 aromatic carbocycles. The van der Waals surface area contributed by atoms with Gasteiger partial charge in [-0.1, -0.05) is 0 Å². The van der Waals surface area contributed by atoms with Gasteiger partial charge in [-0.05, 0) is 12.5 Å². The van der Waals surface area contributed by atoms with E-state index in [4.69, 9.17) is 5.11 Å². The summed E-state index contributed by atoms with van der Waals surface area (Å²) in [5, 5.41) is 8.60. The summed E-state index contributed by atoms with van der Waals surface area (Å²) < 4.78 is 64.8. The van der Waals surface area contributed by atoms with Crippen LogP contribution in [0.2, 0.25) is 0 Å². The monoisotopic (exact) mass is 271 g/mol. The number of rotatable bonds is 3. The zero-order valence-corrected chi connectivity index (χ0v) is 8.76. The van der Waals surface area contributed by atoms with E-state index in [0.717, 1.165) is 13.1 Å². The second-order valence-electron chi connectivity index (χ2n) is 3.19. The normalized spacial score (nSPS) is 11.7. The zero-order valence-electron chi connectivity index (χ0n) is 8.76. The third-order valence-electron chi connectivity index (χ3n) is 1.91. The molecule has 0 amide bonds. The van der Waals surface area contributed by atoms with Crippen molar-refractivity contribution in [3.63, 3.8) is 0 Å². The Bertz CT molecular complexity index is 472. The molecule has 1 rings (SSSR count). The van der Waals surface area contributed by atoms with Crippen molar-refractivity contribution in [3.05, 3.63) is 23.0 Å². The molecule has 1 aromatic heterocycles. The van der Waals surface area contributed by atoms with Gasteiger partial charge < -0.3 is 9.84 Å². The zero-order chi connectivity index (χ0) is 14.1. The van der Waals surface area contributed by atoms with Gasteiger partial charge in [-0.2, -0.15) is 0 Å². The molecule has 0 fully saturated rings. The summed E-state index contributed by atoms with van der Waals surface area (Å²) in [5.74, 6) is -3.37. The van der Waals surface area contributed by atoms with E-state index in [1.807, 2.05) is 0 Å². The summed E-state index contributed by atoms with van der Waals surface area (Å²) in [7, 11) is 0. The molecule has 0 bridgehead atoms. The Balaban J connectivity index is 3.48. The highest BCUT2D eigenvalue weighted by molar-refractivity contribution is 5.89. The number of carbonyl (C=O) groups is 1. The summed E-state index contributed by atoms with van der Waals surface area (Å²) in [6, 6.07) is 0. The van der Waals surface area contributed by atoms with Gasteiger partial charge in [0.15, 0.2) is 11.4 Å². The SMILES string of the molecule is Cc1cnc(C(=O)O)c(OC(F)(F)F)c1C(F)F. The number of pyridine rings is 1. The Hall–Kier alpha value is -1.93. The van der Waals surface area contributed by atoms with Gasteiger partial charge in [-0.3, -0.25) is 0 Å². The number of aryl methyl sites for hydroxylation is 1. The van der Waals surface area contributed by atoms with Gasteiger partial charge in [0.05, 0.1) is 5.56 Å². The molecule has 9 heteroatoms. The summed E-state index contributed by atoms with van der Waals surface area (Å²) >= 11 is 0. The van der Waals surface area contributed by atoms with Gasteiger partial charge in [-0.15, -0.1) is 13.2 Å². The summed E-state index contributed by atoms with van der Waals surface area (Å²) in [6.45, 7) is 1.07. The second-order valence-corrected chi connectivity index (χ2v) is 3.19. The average Bonchev–Trinajstić information content (AvgIpc) is 2.13. The maximum absolute atomic E-state index is 12.6. The van der Waals surface area contributed by atoms with Crippen molar-refractivity contribution in [2.75, 3.05) is 0 Å². The van der Waals surface area contributed by atoms with Crippen LogP contribution in [-0.4, -0.2) is 22.4 Å². The number of nitrogens with zero attached hydrogens (tertiary/aromatic N) is 1. The van der Waals surface area contributed by atoms with Crippen molar-refractivity contribution in [2.45, 2.75) is 19.7 Å². The van der Waals surface area contributed by atoms with Gasteiger partial charge in [-0.25, -0.2) is 18.6 Å². The van der Waals surface area contributed by atoms with Crippen LogP contribution in [0.3, 0.4) is 0 Å². The Labute approximate surface area is 97.0 Å². The van der Waals surface area contributed by atoms with E-state index in [0.29, 0.717) is 0 Å². The van der Waals surface area contributed by atoms with Gasteiger partial charge in [0.2, 0.25) is 0 Å². The Morgan fingerprint density at radius 3 is 2.39 bits per heavy atom. The molecule has 0 saturated carbocycles. The number of aromatic nitrogens is 1. The maximum Gasteiger partial charge on any atom is 0.573 e. The van der Waals surface area contributed by atoms with Crippen molar-refractivity contribution >= 4 is 5.97 Å². The second kappa shape index (κ2) is 4.75. The third kappa shape index (κ3) is 3.05. The largest absolute Gasteiger partial charge is 0.573 e. The Kier molecular flexibility index (Phi) is 3.73. The van der Waals surface area contributed by atoms with E-state index >= 15 is 0 Å². The van der Waals surface area contributed by atoms with Crippen LogP contribution in [0.1, 0.15) is 28.0 Å². The quantitative estimate of drug-likeness (QED) is 0.859. The molecule has 0 spiro atoms. The molecule has 0 aliphatic carbocycles. The Morgan fingerprint density at radius 2 is 2.00 bits per heavy atom. The minimum atomic E-state index is -5.29. The number of hydrogen-bond acceptors (Lipinski definition) is 3. The molecule has 4 nitrogen and oxygen atoms in total. The smallest absolute Gasteiger partial charge is 0.476 e. The number of carboxylic acid groups (broad SMARTS) is 1. The van der Waals surface area contributed by atoms with Crippen LogP contribution in [0.4, 0.5) is 22.0 Å². The van der Waals surface area contributed by atoms with Crippen LogP contribution >= 0.6 is 0 Å². The van der Waals surface area contributed by atoms with Crippen molar-refractivity contribution in [1.82, 2.24) is 4.98 Å². The van der Waals surface area contributed by atoms with Crippen molar-refractivity contribution in [3.8, 4) is 5.75 Å². The number of hydrogen-bond donors (Lipinski definition) is 1. The number of ether oxygens (including phenoxy) is 1. The predicted octanol–water partition coefficient (Wildman–Crippen LogP) is 2.92. The fraction of sp³-hybridized carbons (Fsp3) is 0.333. The predicted molar refractivity (Wildman–Crippen MR) is 47.6 cm³/mol. The minimum Gasteiger partial charge on any atom is -0.476 e. The highest BCUT2D eigenvalue weighted by Gasteiger charge is 2.37. The molecular formula is C9H6F5NO3. The van der Waals surface area contributed by atoms with Gasteiger partial charge in [0.25, 0.3) is 6.43 Å². The molecule has 0 radical (unpaired) electrons. The van der Waals surface area contributed by atoms with Crippen molar-refractivity contribution in [1.29, 1.82) is 0 Å². The van der Waals surface area contributed by atoms with Gasteiger partial charge >= 0.3 is 12.3 Å². The standard InChI is InChI=1S/C9H6F5NO3/c1-3-2-15-5(8(16)17)6(4(3)7(10)11)18-9(12,13)14/h2,7H,1H3,(H,16,17). The molecule has 1 heterocycles. The van der Waals surface area contributed by atoms with Crippen LogP contribution in [0.5, 0.6) is 5.75 Å². The van der Waals surface area contributed by atoms with Crippen LogP contribution in [-0.2, 0) is 0 Å². The van der Waals surface area contributed by atoms with Gasteiger partial charge in [0, 0.05) is 6.20 Å². The summed E-state index contributed by atoms with van der Waals surface area (Å²) in [6.07, 6.45) is -7.86. The molecule has 18 heavy (non-hydrogen) atoms. The van der Waals surface area contributed by atoms with Crippen LogP contribution in [0.25, 0.3) is 0 Å².